The molecule has 1 amide bonds. The van der Waals surface area contributed by atoms with Gasteiger partial charge in [0, 0.05) is 11.5 Å². The lowest BCUT2D eigenvalue weighted by molar-refractivity contribution is -0.305. The molecule has 5 rings (SSSR count). The highest BCUT2D eigenvalue weighted by molar-refractivity contribution is 6.05. The smallest absolute Gasteiger partial charge is 0.255 e. The average molecular weight is 539 g/mol. The van der Waals surface area contributed by atoms with E-state index in [2.05, 4.69) is 62.5 Å². The van der Waals surface area contributed by atoms with Gasteiger partial charge in [0.2, 0.25) is 0 Å². The van der Waals surface area contributed by atoms with Gasteiger partial charge in [0.1, 0.15) is 5.75 Å². The minimum Gasteiger partial charge on any atom is -0.550 e. The summed E-state index contributed by atoms with van der Waals surface area (Å²) < 4.78 is 5.73. The molecule has 2 aliphatic rings. The minimum atomic E-state index is -1.09. The van der Waals surface area contributed by atoms with E-state index < -0.39 is 5.97 Å². The number of carboxylic acids is 1. The van der Waals surface area contributed by atoms with Crippen molar-refractivity contribution in [2.45, 2.75) is 83.5 Å². The average Bonchev–Trinajstić information content (AvgIpc) is 3.28. The first kappa shape index (κ1) is 27.9. The lowest BCUT2D eigenvalue weighted by Crippen LogP contribution is -2.27. The van der Waals surface area contributed by atoms with E-state index >= 15 is 0 Å². The van der Waals surface area contributed by atoms with Crippen LogP contribution >= 0.6 is 0 Å². The molecule has 0 aromatic heterocycles. The van der Waals surface area contributed by atoms with E-state index in [1.807, 2.05) is 18.2 Å². The Kier molecular flexibility index (Phi) is 8.02. The Labute approximate surface area is 238 Å². The highest BCUT2D eigenvalue weighted by atomic mass is 16.5. The van der Waals surface area contributed by atoms with E-state index in [0.717, 1.165) is 12.8 Å². The van der Waals surface area contributed by atoms with Crippen molar-refractivity contribution in [1.29, 1.82) is 0 Å². The van der Waals surface area contributed by atoms with Gasteiger partial charge in [0.05, 0.1) is 12.3 Å². The summed E-state index contributed by atoms with van der Waals surface area (Å²) in [6.45, 7) is 7.03. The molecule has 1 N–H and O–H groups in total. The number of rotatable bonds is 8. The molecular weight excluding hydrogens is 498 g/mol. The molecule has 5 nitrogen and oxygen atoms in total. The number of amides is 1. The second-order valence-corrected chi connectivity index (χ2v) is 12.8. The highest BCUT2D eigenvalue weighted by Gasteiger charge is 2.40. The third-order valence-electron chi connectivity index (χ3n) is 8.81. The topological polar surface area (TPSA) is 78.5 Å². The second-order valence-electron chi connectivity index (χ2n) is 12.8. The van der Waals surface area contributed by atoms with Crippen LogP contribution in [0.15, 0.2) is 66.7 Å². The fourth-order valence-corrected chi connectivity index (χ4v) is 6.44. The predicted octanol–water partition coefficient (Wildman–Crippen LogP) is 6.59. The molecule has 1 spiro atoms. The van der Waals surface area contributed by atoms with E-state index in [1.165, 1.54) is 47.9 Å². The number of carbonyl (C=O) groups excluding carboxylic acids is 2. The molecule has 0 radical (unpaired) electrons. The monoisotopic (exact) mass is 538 g/mol. The Bertz CT molecular complexity index is 1360. The lowest BCUT2D eigenvalue weighted by Gasteiger charge is -2.37. The summed E-state index contributed by atoms with van der Waals surface area (Å²) in [4.78, 5) is 23.8. The van der Waals surface area contributed by atoms with Gasteiger partial charge in [-0.15, -0.1) is 0 Å². The summed E-state index contributed by atoms with van der Waals surface area (Å²) >= 11 is 0. The SMILES string of the molecule is CC(C)(C)c1ccc(C2CCC3(CC2)Cc2ccc(C(=O)Nc4ccccc4OCCCC(=O)[O-])cc2C3)cc1. The van der Waals surface area contributed by atoms with Crippen molar-refractivity contribution in [3.05, 3.63) is 94.5 Å². The van der Waals surface area contributed by atoms with E-state index in [-0.39, 0.29) is 24.3 Å². The maximum Gasteiger partial charge on any atom is 0.255 e. The zero-order chi connectivity index (χ0) is 28.3. The van der Waals surface area contributed by atoms with Crippen LogP contribution in [0, 0.1) is 5.41 Å². The van der Waals surface area contributed by atoms with Crippen LogP contribution in [0.2, 0.25) is 0 Å². The number of benzene rings is 3. The van der Waals surface area contributed by atoms with Crippen molar-refractivity contribution < 1.29 is 19.4 Å². The number of para-hydroxylation sites is 2. The van der Waals surface area contributed by atoms with Gasteiger partial charge >= 0.3 is 0 Å². The fraction of sp³-hybridized carbons (Fsp3) is 0.429. The molecule has 0 aliphatic heterocycles. The summed E-state index contributed by atoms with van der Waals surface area (Å²) in [5.41, 5.74) is 7.25. The quantitative estimate of drug-likeness (QED) is 0.328. The largest absolute Gasteiger partial charge is 0.550 e. The number of carboxylic acid groups (broad SMARTS) is 1. The lowest BCUT2D eigenvalue weighted by atomic mass is 9.67. The van der Waals surface area contributed by atoms with Gasteiger partial charge in [0.25, 0.3) is 5.91 Å². The van der Waals surface area contributed by atoms with Gasteiger partial charge in [-0.1, -0.05) is 63.2 Å². The van der Waals surface area contributed by atoms with Crippen LogP contribution in [0.5, 0.6) is 5.75 Å². The zero-order valence-electron chi connectivity index (χ0n) is 23.9. The Morgan fingerprint density at radius 1 is 0.950 bits per heavy atom. The summed E-state index contributed by atoms with van der Waals surface area (Å²) in [5.74, 6) is -0.105. The number of fused-ring (bicyclic) bond motifs is 1. The Morgan fingerprint density at radius 2 is 1.65 bits per heavy atom. The first-order valence-electron chi connectivity index (χ1n) is 14.6. The number of anilines is 1. The van der Waals surface area contributed by atoms with E-state index in [1.54, 1.807) is 12.1 Å². The number of nitrogens with one attached hydrogen (secondary N) is 1. The molecular formula is C35H40NO4-. The maximum atomic E-state index is 13.2. The zero-order valence-corrected chi connectivity index (χ0v) is 23.9. The standard InChI is InChI=1S/C35H41NO4/c1-34(2,3)29-14-12-24(13-15-29)25-16-18-35(19-17-25)22-27-11-10-26(21-28(27)23-35)33(39)36-30-7-4-5-8-31(30)40-20-6-9-32(37)38/h4-5,7-8,10-15,21,25H,6,9,16-20,22-23H2,1-3H3,(H,36,39)(H,37,38)/p-1. The van der Waals surface area contributed by atoms with E-state index in [0.29, 0.717) is 34.8 Å². The van der Waals surface area contributed by atoms with Gasteiger partial charge < -0.3 is 20.0 Å². The molecule has 3 aromatic carbocycles. The molecule has 1 fully saturated rings. The van der Waals surface area contributed by atoms with Crippen molar-refractivity contribution in [1.82, 2.24) is 0 Å². The van der Waals surface area contributed by atoms with Gasteiger partial charge in [-0.25, -0.2) is 0 Å². The third-order valence-corrected chi connectivity index (χ3v) is 8.81. The van der Waals surface area contributed by atoms with Crippen LogP contribution in [-0.2, 0) is 23.1 Å². The van der Waals surface area contributed by atoms with Crippen LogP contribution in [-0.4, -0.2) is 18.5 Å². The van der Waals surface area contributed by atoms with Gasteiger partial charge in [-0.2, -0.15) is 0 Å². The number of hydrogen-bond acceptors (Lipinski definition) is 4. The molecule has 0 atom stereocenters. The molecule has 0 bridgehead atoms. The van der Waals surface area contributed by atoms with Gasteiger partial charge in [-0.3, -0.25) is 4.79 Å². The predicted molar refractivity (Wildman–Crippen MR) is 157 cm³/mol. The molecule has 5 heteroatoms. The summed E-state index contributed by atoms with van der Waals surface area (Å²) in [7, 11) is 0. The normalized spacial score (nSPS) is 20.2. The Morgan fingerprint density at radius 3 is 2.35 bits per heavy atom. The molecule has 3 aromatic rings. The fourth-order valence-electron chi connectivity index (χ4n) is 6.44. The summed E-state index contributed by atoms with van der Waals surface area (Å²) in [6.07, 6.45) is 7.30. The number of aliphatic carboxylic acids is 1. The maximum absolute atomic E-state index is 13.2. The van der Waals surface area contributed by atoms with E-state index in [9.17, 15) is 14.7 Å². The molecule has 0 heterocycles. The van der Waals surface area contributed by atoms with Crippen molar-refractivity contribution in [2.24, 2.45) is 5.41 Å². The van der Waals surface area contributed by atoms with Crippen LogP contribution in [0.25, 0.3) is 0 Å². The van der Waals surface area contributed by atoms with Crippen LogP contribution in [0.3, 0.4) is 0 Å². The van der Waals surface area contributed by atoms with Crippen molar-refractivity contribution >= 4 is 17.6 Å². The number of ether oxygens (including phenoxy) is 1. The molecule has 0 unspecified atom stereocenters. The van der Waals surface area contributed by atoms with Crippen LogP contribution in [0.1, 0.15) is 97.8 Å². The van der Waals surface area contributed by atoms with Gasteiger partial charge in [-0.05, 0) is 115 Å². The first-order valence-corrected chi connectivity index (χ1v) is 14.6. The minimum absolute atomic E-state index is 0.0592. The molecule has 210 valence electrons. The van der Waals surface area contributed by atoms with Crippen molar-refractivity contribution in [2.75, 3.05) is 11.9 Å². The second kappa shape index (κ2) is 11.5. The Hall–Kier alpha value is -3.60. The first-order chi connectivity index (χ1) is 19.1. The third kappa shape index (κ3) is 6.41. The number of hydrogen-bond donors (Lipinski definition) is 1. The van der Waals surface area contributed by atoms with Crippen LogP contribution in [0.4, 0.5) is 5.69 Å². The molecule has 40 heavy (non-hydrogen) atoms. The molecule has 1 saturated carbocycles. The van der Waals surface area contributed by atoms with Crippen molar-refractivity contribution in [3.8, 4) is 5.75 Å². The summed E-state index contributed by atoms with van der Waals surface area (Å²) in [5, 5.41) is 13.6. The number of carbonyl (C=O) groups is 2. The van der Waals surface area contributed by atoms with Crippen LogP contribution < -0.4 is 15.2 Å². The summed E-state index contributed by atoms with van der Waals surface area (Å²) in [6, 6.07) is 22.7. The van der Waals surface area contributed by atoms with E-state index in [4.69, 9.17) is 4.74 Å². The molecule has 0 saturated heterocycles. The van der Waals surface area contributed by atoms with Gasteiger partial charge in [0.15, 0.2) is 0 Å². The Balaban J connectivity index is 1.19. The molecule has 2 aliphatic carbocycles. The van der Waals surface area contributed by atoms with Crippen molar-refractivity contribution in [3.63, 3.8) is 0 Å². The highest BCUT2D eigenvalue weighted by Crippen LogP contribution is 2.51.